The first-order valence-corrected chi connectivity index (χ1v) is 10.4. The lowest BCUT2D eigenvalue weighted by molar-refractivity contribution is -0.158. The third-order valence-corrected chi connectivity index (χ3v) is 6.76. The molecule has 0 N–H and O–H groups in total. The monoisotopic (exact) mass is 365 g/mol. The molecule has 0 aromatic carbocycles. The molecule has 0 radical (unpaired) electrons. The van der Waals surface area contributed by atoms with Crippen molar-refractivity contribution in [3.05, 3.63) is 0 Å². The second-order valence-corrected chi connectivity index (χ2v) is 9.54. The topological polar surface area (TPSA) is 63.7 Å². The summed E-state index contributed by atoms with van der Waals surface area (Å²) in [6, 6.07) is 0. The highest BCUT2D eigenvalue weighted by Crippen LogP contribution is 2.57. The molecule has 5 nitrogen and oxygen atoms in total. The number of alkyl halides is 2. The van der Waals surface area contributed by atoms with E-state index in [0.717, 1.165) is 25.5 Å². The zero-order chi connectivity index (χ0) is 17.6. The summed E-state index contributed by atoms with van der Waals surface area (Å²) in [5, 5.41) is 0. The van der Waals surface area contributed by atoms with Crippen molar-refractivity contribution in [3.8, 4) is 0 Å². The molecule has 4 fully saturated rings. The first-order valence-electron chi connectivity index (χ1n) is 8.57. The van der Waals surface area contributed by atoms with Crippen LogP contribution in [0.15, 0.2) is 0 Å². The molecule has 2 bridgehead atoms. The Morgan fingerprint density at radius 1 is 1.00 bits per heavy atom. The molecule has 8 heteroatoms. The predicted molar refractivity (Wildman–Crippen MR) is 84.1 cm³/mol. The first kappa shape index (κ1) is 18.0. The van der Waals surface area contributed by atoms with Gasteiger partial charge in [0.25, 0.3) is 16.0 Å². The SMILES string of the molecule is CS(=O)(=O)OCC12CCC(C(=O)N3CCC(F)(F)CC3)(CC1)CC2. The average Bonchev–Trinajstić information content (AvgIpc) is 2.54. The molecule has 4 aliphatic rings. The number of hydrogen-bond donors (Lipinski definition) is 0. The Labute approximate surface area is 141 Å². The maximum absolute atomic E-state index is 13.3. The van der Waals surface area contributed by atoms with Crippen molar-refractivity contribution in [2.75, 3.05) is 26.0 Å². The molecule has 0 spiro atoms. The molecule has 1 heterocycles. The minimum Gasteiger partial charge on any atom is -0.342 e. The van der Waals surface area contributed by atoms with Gasteiger partial charge in [0.2, 0.25) is 5.91 Å². The lowest BCUT2D eigenvalue weighted by Gasteiger charge is -2.53. The van der Waals surface area contributed by atoms with E-state index in [0.29, 0.717) is 19.3 Å². The Bertz CT molecular complexity index is 585. The van der Waals surface area contributed by atoms with E-state index < -0.39 is 21.5 Å². The summed E-state index contributed by atoms with van der Waals surface area (Å²) in [5.74, 6) is -2.62. The minimum atomic E-state index is -3.46. The molecule has 138 valence electrons. The van der Waals surface area contributed by atoms with E-state index in [9.17, 15) is 22.0 Å². The van der Waals surface area contributed by atoms with Crippen LogP contribution in [0.2, 0.25) is 0 Å². The smallest absolute Gasteiger partial charge is 0.264 e. The van der Waals surface area contributed by atoms with E-state index in [-0.39, 0.29) is 43.9 Å². The highest BCUT2D eigenvalue weighted by molar-refractivity contribution is 7.85. The van der Waals surface area contributed by atoms with Gasteiger partial charge in [0.15, 0.2) is 0 Å². The molecule has 0 unspecified atom stereocenters. The van der Waals surface area contributed by atoms with Crippen LogP contribution >= 0.6 is 0 Å². The standard InChI is InChI=1S/C16H25F2NO4S/c1-24(21,22)23-12-14-2-5-15(6-3-14,7-4-14)13(20)19-10-8-16(17,18)9-11-19/h2-12H2,1H3. The van der Waals surface area contributed by atoms with Crippen molar-refractivity contribution in [2.45, 2.75) is 57.3 Å². The van der Waals surface area contributed by atoms with Crippen molar-refractivity contribution in [1.82, 2.24) is 4.90 Å². The fourth-order valence-electron chi connectivity index (χ4n) is 4.41. The third kappa shape index (κ3) is 3.59. The van der Waals surface area contributed by atoms with Crippen LogP contribution in [0.4, 0.5) is 8.78 Å². The average molecular weight is 365 g/mol. The molecular formula is C16H25F2NO4S. The number of fused-ring (bicyclic) bond motifs is 3. The third-order valence-electron chi connectivity index (χ3n) is 6.22. The molecule has 4 rings (SSSR count). The maximum atomic E-state index is 13.3. The normalized spacial score (nSPS) is 35.9. The van der Waals surface area contributed by atoms with Crippen LogP contribution in [0, 0.1) is 10.8 Å². The largest absolute Gasteiger partial charge is 0.342 e. The van der Waals surface area contributed by atoms with E-state index in [4.69, 9.17) is 4.18 Å². The second-order valence-electron chi connectivity index (χ2n) is 7.89. The number of carbonyl (C=O) groups is 1. The van der Waals surface area contributed by atoms with Gasteiger partial charge >= 0.3 is 0 Å². The first-order chi connectivity index (χ1) is 11.1. The van der Waals surface area contributed by atoms with Crippen molar-refractivity contribution < 1.29 is 26.2 Å². The van der Waals surface area contributed by atoms with E-state index in [1.54, 1.807) is 4.90 Å². The van der Waals surface area contributed by atoms with Crippen LogP contribution in [0.3, 0.4) is 0 Å². The molecule has 24 heavy (non-hydrogen) atoms. The van der Waals surface area contributed by atoms with E-state index in [2.05, 4.69) is 0 Å². The highest BCUT2D eigenvalue weighted by atomic mass is 32.2. The molecule has 1 amide bonds. The van der Waals surface area contributed by atoms with Crippen LogP contribution in [-0.2, 0) is 19.1 Å². The molecular weight excluding hydrogens is 340 g/mol. The number of piperidine rings is 1. The number of hydrogen-bond acceptors (Lipinski definition) is 4. The number of amides is 1. The summed E-state index contributed by atoms with van der Waals surface area (Å²) in [6.07, 6.45) is 4.94. The van der Waals surface area contributed by atoms with Crippen molar-refractivity contribution >= 4 is 16.0 Å². The maximum Gasteiger partial charge on any atom is 0.264 e. The van der Waals surface area contributed by atoms with Gasteiger partial charge in [-0.05, 0) is 43.9 Å². The molecule has 0 aromatic heterocycles. The Morgan fingerprint density at radius 3 is 1.96 bits per heavy atom. The zero-order valence-corrected chi connectivity index (χ0v) is 14.8. The van der Waals surface area contributed by atoms with Gasteiger partial charge in [0.1, 0.15) is 0 Å². The van der Waals surface area contributed by atoms with Gasteiger partial charge in [-0.15, -0.1) is 0 Å². The van der Waals surface area contributed by atoms with Crippen LogP contribution in [0.25, 0.3) is 0 Å². The Morgan fingerprint density at radius 2 is 1.50 bits per heavy atom. The fraction of sp³-hybridized carbons (Fsp3) is 0.938. The molecule has 3 saturated carbocycles. The number of likely N-dealkylation sites (tertiary alicyclic amines) is 1. The minimum absolute atomic E-state index is 0.0235. The Hall–Kier alpha value is -0.760. The van der Waals surface area contributed by atoms with Crippen molar-refractivity contribution in [2.24, 2.45) is 10.8 Å². The van der Waals surface area contributed by atoms with Crippen LogP contribution < -0.4 is 0 Å². The van der Waals surface area contributed by atoms with Gasteiger partial charge in [0.05, 0.1) is 12.9 Å². The van der Waals surface area contributed by atoms with Crippen molar-refractivity contribution in [3.63, 3.8) is 0 Å². The van der Waals surface area contributed by atoms with E-state index in [1.807, 2.05) is 0 Å². The number of nitrogens with zero attached hydrogens (tertiary/aromatic N) is 1. The summed E-state index contributed by atoms with van der Waals surface area (Å²) in [6.45, 7) is 0.456. The van der Waals surface area contributed by atoms with E-state index >= 15 is 0 Å². The van der Waals surface area contributed by atoms with Gasteiger partial charge in [0, 0.05) is 31.3 Å². The molecule has 0 atom stereocenters. The van der Waals surface area contributed by atoms with Crippen LogP contribution in [0.1, 0.15) is 51.4 Å². The van der Waals surface area contributed by atoms with Crippen molar-refractivity contribution in [1.29, 1.82) is 0 Å². The fourth-order valence-corrected chi connectivity index (χ4v) is 4.87. The summed E-state index contributed by atoms with van der Waals surface area (Å²) in [4.78, 5) is 14.5. The number of carbonyl (C=O) groups excluding carboxylic acids is 1. The summed E-state index contributed by atoms with van der Waals surface area (Å²) >= 11 is 0. The Balaban J connectivity index is 1.61. The highest BCUT2D eigenvalue weighted by Gasteiger charge is 2.54. The number of halogens is 2. The molecule has 3 aliphatic carbocycles. The number of rotatable bonds is 4. The summed E-state index contributed by atoms with van der Waals surface area (Å²) < 4.78 is 54.1. The quantitative estimate of drug-likeness (QED) is 0.719. The predicted octanol–water partition coefficient (Wildman–Crippen LogP) is 2.56. The lowest BCUT2D eigenvalue weighted by Crippen LogP contribution is -2.54. The van der Waals surface area contributed by atoms with Gasteiger partial charge in [-0.2, -0.15) is 8.42 Å². The van der Waals surface area contributed by atoms with Crippen LogP contribution in [-0.4, -0.2) is 51.1 Å². The Kier molecular flexibility index (Phi) is 4.44. The van der Waals surface area contributed by atoms with Gasteiger partial charge in [-0.25, -0.2) is 8.78 Å². The second kappa shape index (κ2) is 5.90. The van der Waals surface area contributed by atoms with Gasteiger partial charge in [-0.3, -0.25) is 8.98 Å². The molecule has 1 saturated heterocycles. The summed E-state index contributed by atoms with van der Waals surface area (Å²) in [7, 11) is -3.46. The van der Waals surface area contributed by atoms with Gasteiger partial charge in [-0.1, -0.05) is 0 Å². The lowest BCUT2D eigenvalue weighted by atomic mass is 9.53. The molecule has 0 aromatic rings. The summed E-state index contributed by atoms with van der Waals surface area (Å²) in [5.41, 5.74) is -0.584. The zero-order valence-electron chi connectivity index (χ0n) is 14.0. The van der Waals surface area contributed by atoms with E-state index in [1.165, 1.54) is 0 Å². The molecule has 1 aliphatic heterocycles. The van der Waals surface area contributed by atoms with Gasteiger partial charge < -0.3 is 4.90 Å². The van der Waals surface area contributed by atoms with Crippen LogP contribution in [0.5, 0.6) is 0 Å².